The summed E-state index contributed by atoms with van der Waals surface area (Å²) in [6.07, 6.45) is 16.2. The molecule has 0 spiro atoms. The fourth-order valence-corrected chi connectivity index (χ4v) is 17.9. The normalized spacial score (nSPS) is 13.6. The lowest BCUT2D eigenvalue weighted by atomic mass is 10.1. The Balaban J connectivity index is 1.32. The average Bonchev–Trinajstić information content (AvgIpc) is 3.89. The number of rotatable bonds is 16. The molecular weight excluding hydrogens is 645 g/mol. The van der Waals surface area contributed by atoms with Crippen LogP contribution >= 0.6 is 46.1 Å². The molecule has 4 nitrogen and oxygen atoms in total. The number of aromatic nitrogens is 4. The molecule has 0 radical (unpaired) electrons. The van der Waals surface area contributed by atoms with Crippen molar-refractivity contribution in [2.24, 2.45) is 0 Å². The third-order valence-electron chi connectivity index (χ3n) is 9.72. The Morgan fingerprint density at radius 1 is 0.533 bits per heavy atom. The fourth-order valence-electron chi connectivity index (χ4n) is 7.33. The molecule has 0 unspecified atom stereocenters. The van der Waals surface area contributed by atoms with Crippen LogP contribution in [0.15, 0.2) is 48.5 Å². The van der Waals surface area contributed by atoms with E-state index in [0.29, 0.717) is 0 Å². The highest BCUT2D eigenvalue weighted by atomic mass is 32.1. The summed E-state index contributed by atoms with van der Waals surface area (Å²) in [5, 5.41) is 3.43. The number of fused-ring (bicyclic) bond motifs is 5. The first-order valence-corrected chi connectivity index (χ1v) is 22.5. The first kappa shape index (κ1) is 31.3. The van der Waals surface area contributed by atoms with E-state index in [1.54, 1.807) is 20.1 Å². The molecule has 1 aliphatic rings. The molecule has 5 heterocycles. The Morgan fingerprint density at radius 3 is 1.44 bits per heavy atom. The van der Waals surface area contributed by atoms with Gasteiger partial charge in [0.2, 0.25) is 0 Å². The Kier molecular flexibility index (Phi) is 9.89. The second kappa shape index (κ2) is 14.2. The van der Waals surface area contributed by atoms with Crippen LogP contribution in [0.25, 0.3) is 52.7 Å². The third kappa shape index (κ3) is 6.11. The van der Waals surface area contributed by atoms with Crippen molar-refractivity contribution in [3.8, 4) is 30.6 Å². The quantitative estimate of drug-likeness (QED) is 0.0751. The van der Waals surface area contributed by atoms with Crippen molar-refractivity contribution in [2.75, 3.05) is 0 Å². The van der Waals surface area contributed by atoms with E-state index in [4.69, 9.17) is 8.75 Å². The van der Waals surface area contributed by atoms with E-state index in [9.17, 15) is 0 Å². The van der Waals surface area contributed by atoms with E-state index in [-0.39, 0.29) is 0 Å². The zero-order valence-corrected chi connectivity index (χ0v) is 30.7. The lowest BCUT2D eigenvalue weighted by Gasteiger charge is -2.29. The van der Waals surface area contributed by atoms with Gasteiger partial charge in [-0.25, -0.2) is 0 Å². The Morgan fingerprint density at radius 2 is 0.978 bits per heavy atom. The van der Waals surface area contributed by atoms with Gasteiger partial charge in [-0.05, 0) is 46.7 Å². The van der Waals surface area contributed by atoms with Crippen molar-refractivity contribution >= 4 is 86.6 Å². The number of nitrogens with zero attached hydrogens (tertiary/aromatic N) is 4. The fraction of sp³-hybridized carbons (Fsp3) is 0.444. The lowest BCUT2D eigenvalue weighted by molar-refractivity contribution is 0.616. The van der Waals surface area contributed by atoms with Gasteiger partial charge >= 0.3 is 0 Å². The van der Waals surface area contributed by atoms with Crippen LogP contribution in [0.1, 0.15) is 90.9 Å². The minimum Gasteiger partial charge on any atom is -0.173 e. The van der Waals surface area contributed by atoms with Crippen LogP contribution in [0, 0.1) is 0 Å². The van der Waals surface area contributed by atoms with Gasteiger partial charge in [-0.1, -0.05) is 115 Å². The first-order valence-electron chi connectivity index (χ1n) is 17.0. The van der Waals surface area contributed by atoms with E-state index >= 15 is 0 Å². The number of benzene rings is 2. The lowest BCUT2D eigenvalue weighted by Crippen LogP contribution is -2.54. The summed E-state index contributed by atoms with van der Waals surface area (Å²) in [4.78, 5) is 5.83. The molecule has 4 aromatic heterocycles. The van der Waals surface area contributed by atoms with Crippen molar-refractivity contribution in [1.82, 2.24) is 17.5 Å². The molecule has 0 saturated carbocycles. The van der Waals surface area contributed by atoms with Crippen LogP contribution in [-0.4, -0.2) is 25.6 Å². The molecule has 9 heteroatoms. The summed E-state index contributed by atoms with van der Waals surface area (Å²) in [7, 11) is -1.98. The molecule has 0 bridgehead atoms. The molecule has 0 atom stereocenters. The Labute approximate surface area is 284 Å². The van der Waals surface area contributed by atoms with Crippen molar-refractivity contribution in [3.05, 3.63) is 48.5 Å². The van der Waals surface area contributed by atoms with Crippen molar-refractivity contribution in [1.29, 1.82) is 0 Å². The number of hydrogen-bond donors (Lipinski definition) is 0. The van der Waals surface area contributed by atoms with Crippen LogP contribution in [-0.2, 0) is 0 Å². The molecule has 0 aliphatic carbocycles. The van der Waals surface area contributed by atoms with Gasteiger partial charge in [0, 0.05) is 30.6 Å². The van der Waals surface area contributed by atoms with E-state index in [1.165, 1.54) is 133 Å². The highest BCUT2D eigenvalue weighted by molar-refractivity contribution is 7.31. The molecule has 0 fully saturated rings. The first-order chi connectivity index (χ1) is 22.2. The number of hydrogen-bond acceptors (Lipinski definition) is 8. The maximum absolute atomic E-state index is 4.74. The van der Waals surface area contributed by atoms with Gasteiger partial charge in [0.05, 0.1) is 23.5 Å². The summed E-state index contributed by atoms with van der Waals surface area (Å²) in [6.45, 7) is 4.63. The van der Waals surface area contributed by atoms with Crippen LogP contribution in [0.4, 0.5) is 0 Å². The molecule has 0 N–H and O–H groups in total. The second-order valence-electron chi connectivity index (χ2n) is 12.7. The smallest absolute Gasteiger partial charge is 0.122 e. The van der Waals surface area contributed by atoms with Gasteiger partial charge < -0.3 is 0 Å². The Bertz CT molecular complexity index is 1750. The van der Waals surface area contributed by atoms with Gasteiger partial charge in [-0.3, -0.25) is 0 Å². The molecule has 0 amide bonds. The molecule has 45 heavy (non-hydrogen) atoms. The van der Waals surface area contributed by atoms with Gasteiger partial charge in [0.1, 0.15) is 30.1 Å². The van der Waals surface area contributed by atoms with E-state index in [1.807, 2.05) is 22.7 Å². The molecule has 7 rings (SSSR count). The zero-order valence-electron chi connectivity index (χ0n) is 26.4. The third-order valence-corrected chi connectivity index (χ3v) is 18.9. The van der Waals surface area contributed by atoms with Crippen LogP contribution < -0.4 is 10.4 Å². The van der Waals surface area contributed by atoms with Crippen molar-refractivity contribution in [3.63, 3.8) is 0 Å². The van der Waals surface area contributed by atoms with Crippen molar-refractivity contribution < 1.29 is 0 Å². The van der Waals surface area contributed by atoms with Gasteiger partial charge in [-0.2, -0.15) is 17.5 Å². The molecule has 2 aromatic carbocycles. The van der Waals surface area contributed by atoms with E-state index in [2.05, 4.69) is 71.1 Å². The van der Waals surface area contributed by atoms with Crippen LogP contribution in [0.2, 0.25) is 12.1 Å². The Hall–Kier alpha value is -2.30. The summed E-state index contributed by atoms with van der Waals surface area (Å²) in [6, 6.07) is 21.0. The van der Waals surface area contributed by atoms with Gasteiger partial charge in [-0.15, -0.1) is 22.7 Å². The van der Waals surface area contributed by atoms with E-state index < -0.39 is 8.07 Å². The second-order valence-corrected chi connectivity index (χ2v) is 20.1. The van der Waals surface area contributed by atoms with Crippen molar-refractivity contribution in [2.45, 2.75) is 103 Å². The zero-order chi connectivity index (χ0) is 30.6. The summed E-state index contributed by atoms with van der Waals surface area (Å²) in [5.41, 5.74) is 6.63. The molecule has 1 aliphatic heterocycles. The van der Waals surface area contributed by atoms with Crippen LogP contribution in [0.5, 0.6) is 0 Å². The van der Waals surface area contributed by atoms with Gasteiger partial charge in [0.15, 0.2) is 0 Å². The minimum atomic E-state index is -1.98. The summed E-state index contributed by atoms with van der Waals surface area (Å²) in [5.74, 6) is 0. The van der Waals surface area contributed by atoms with Crippen LogP contribution in [0.3, 0.4) is 0 Å². The maximum atomic E-state index is 4.74. The maximum Gasteiger partial charge on any atom is 0.122 e. The predicted octanol–water partition coefficient (Wildman–Crippen LogP) is 11.4. The SMILES string of the molecule is CCCCCCCC[Si]1(CCCCCCCC)c2cc(-c3cccc4nsnc34)sc2-c2sc(-c3cccc4nsnc34)cc21. The van der Waals surface area contributed by atoms with E-state index in [0.717, 1.165) is 22.1 Å². The monoisotopic (exact) mass is 686 g/mol. The summed E-state index contributed by atoms with van der Waals surface area (Å²) < 4.78 is 18.6. The number of unbranched alkanes of at least 4 members (excludes halogenated alkanes) is 10. The van der Waals surface area contributed by atoms with Gasteiger partial charge in [0.25, 0.3) is 0 Å². The average molecular weight is 687 g/mol. The summed E-state index contributed by atoms with van der Waals surface area (Å²) >= 11 is 6.67. The molecular formula is C36H42N4S4Si. The minimum absolute atomic E-state index is 1.01. The molecule has 6 aromatic rings. The highest BCUT2D eigenvalue weighted by Crippen LogP contribution is 2.48. The standard InChI is InChI=1S/C36H42N4S4Si/c1-3-5-7-9-11-13-21-45(22-14-12-10-8-6-4-2)31-23-29(25-17-15-19-27-33(25)39-43-37-27)41-35(31)36-32(45)24-30(42-36)26-18-16-20-28-34(26)40-44-38-28/h15-20,23-24H,3-14,21-22H2,1-2H3. The molecule has 0 saturated heterocycles. The topological polar surface area (TPSA) is 51.6 Å². The highest BCUT2D eigenvalue weighted by Gasteiger charge is 2.47. The largest absolute Gasteiger partial charge is 0.173 e. The molecule has 234 valence electrons. The predicted molar refractivity (Wildman–Crippen MR) is 202 cm³/mol. The number of thiophene rings is 2.